The highest BCUT2D eigenvalue weighted by Crippen LogP contribution is 2.18. The zero-order valence-corrected chi connectivity index (χ0v) is 10.3. The summed E-state index contributed by atoms with van der Waals surface area (Å²) in [6.45, 7) is 1.66. The number of carbonyl (C=O) groups is 3. The number of methoxy groups -OCH3 is 1. The summed E-state index contributed by atoms with van der Waals surface area (Å²) in [6, 6.07) is -0.710. The average Bonchev–Trinajstić information content (AvgIpc) is 2.97. The summed E-state index contributed by atoms with van der Waals surface area (Å²) in [4.78, 5) is 37.8. The monoisotopic (exact) mass is 255 g/mol. The number of esters is 1. The molecule has 100 valence electrons. The normalized spacial score (nSPS) is 24.2. The maximum atomic E-state index is 11.9. The molecule has 2 fully saturated rings. The summed E-state index contributed by atoms with van der Waals surface area (Å²) >= 11 is 0. The first-order valence-electron chi connectivity index (χ1n) is 6.03. The van der Waals surface area contributed by atoms with Gasteiger partial charge in [0.05, 0.1) is 13.7 Å². The predicted molar refractivity (Wildman–Crippen MR) is 61.7 cm³/mol. The summed E-state index contributed by atoms with van der Waals surface area (Å²) < 4.78 is 4.71. The SMILES string of the molecule is COC(=O)C1CCCN1CC(=O)N1CCNC1=O. The van der Waals surface area contributed by atoms with Gasteiger partial charge in [0.1, 0.15) is 6.04 Å². The molecule has 0 aromatic carbocycles. The van der Waals surface area contributed by atoms with Gasteiger partial charge in [-0.25, -0.2) is 4.79 Å². The maximum Gasteiger partial charge on any atom is 0.324 e. The van der Waals surface area contributed by atoms with E-state index in [1.807, 2.05) is 0 Å². The lowest BCUT2D eigenvalue weighted by Crippen LogP contribution is -2.45. The molecule has 2 heterocycles. The molecule has 0 spiro atoms. The minimum absolute atomic E-state index is 0.0905. The Bertz CT molecular complexity index is 371. The second-order valence-corrected chi connectivity index (χ2v) is 4.43. The van der Waals surface area contributed by atoms with Crippen molar-refractivity contribution in [3.8, 4) is 0 Å². The zero-order chi connectivity index (χ0) is 13.1. The molecule has 7 heteroatoms. The van der Waals surface area contributed by atoms with Crippen LogP contribution in [0.4, 0.5) is 4.79 Å². The van der Waals surface area contributed by atoms with Crippen molar-refractivity contribution in [2.45, 2.75) is 18.9 Å². The third-order valence-electron chi connectivity index (χ3n) is 3.33. The van der Waals surface area contributed by atoms with Crippen molar-refractivity contribution in [1.82, 2.24) is 15.1 Å². The van der Waals surface area contributed by atoms with Gasteiger partial charge in [0.15, 0.2) is 0 Å². The molecule has 0 saturated carbocycles. The van der Waals surface area contributed by atoms with Gasteiger partial charge in [-0.1, -0.05) is 0 Å². The van der Waals surface area contributed by atoms with Gasteiger partial charge in [0.2, 0.25) is 5.91 Å². The minimum atomic E-state index is -0.357. The van der Waals surface area contributed by atoms with Crippen molar-refractivity contribution in [2.24, 2.45) is 0 Å². The Morgan fingerprint density at radius 3 is 2.83 bits per heavy atom. The van der Waals surface area contributed by atoms with Crippen LogP contribution in [0.5, 0.6) is 0 Å². The number of rotatable bonds is 3. The molecule has 2 rings (SSSR count). The summed E-state index contributed by atoms with van der Waals surface area (Å²) in [5.41, 5.74) is 0. The van der Waals surface area contributed by atoms with Gasteiger partial charge in [0, 0.05) is 13.1 Å². The highest BCUT2D eigenvalue weighted by molar-refractivity contribution is 5.96. The number of hydrogen-bond acceptors (Lipinski definition) is 5. The molecule has 0 aromatic rings. The summed E-state index contributed by atoms with van der Waals surface area (Å²) in [5, 5.41) is 2.58. The largest absolute Gasteiger partial charge is 0.468 e. The van der Waals surface area contributed by atoms with E-state index >= 15 is 0 Å². The fourth-order valence-electron chi connectivity index (χ4n) is 2.39. The van der Waals surface area contributed by atoms with Gasteiger partial charge in [-0.15, -0.1) is 0 Å². The van der Waals surface area contributed by atoms with E-state index in [1.54, 1.807) is 4.90 Å². The van der Waals surface area contributed by atoms with E-state index in [0.29, 0.717) is 26.1 Å². The number of urea groups is 1. The van der Waals surface area contributed by atoms with E-state index in [4.69, 9.17) is 4.74 Å². The van der Waals surface area contributed by atoms with E-state index in [1.165, 1.54) is 12.0 Å². The molecule has 1 atom stereocenters. The second kappa shape index (κ2) is 5.34. The molecule has 1 N–H and O–H groups in total. The minimum Gasteiger partial charge on any atom is -0.468 e. The smallest absolute Gasteiger partial charge is 0.324 e. The van der Waals surface area contributed by atoms with E-state index in [-0.39, 0.29) is 30.5 Å². The number of nitrogens with zero attached hydrogens (tertiary/aromatic N) is 2. The van der Waals surface area contributed by atoms with Crippen LogP contribution in [0.15, 0.2) is 0 Å². The molecule has 2 aliphatic heterocycles. The lowest BCUT2D eigenvalue weighted by atomic mass is 10.2. The van der Waals surface area contributed by atoms with Crippen LogP contribution in [0.2, 0.25) is 0 Å². The number of hydrogen-bond donors (Lipinski definition) is 1. The Kier molecular flexibility index (Phi) is 3.81. The molecule has 0 aliphatic carbocycles. The van der Waals surface area contributed by atoms with E-state index in [9.17, 15) is 14.4 Å². The topological polar surface area (TPSA) is 79.0 Å². The molecule has 0 aromatic heterocycles. The first-order chi connectivity index (χ1) is 8.63. The van der Waals surface area contributed by atoms with Crippen molar-refractivity contribution in [3.05, 3.63) is 0 Å². The highest BCUT2D eigenvalue weighted by atomic mass is 16.5. The third kappa shape index (κ3) is 2.45. The fourth-order valence-corrected chi connectivity index (χ4v) is 2.39. The summed E-state index contributed by atoms with van der Waals surface area (Å²) in [5.74, 6) is -0.577. The van der Waals surface area contributed by atoms with Gasteiger partial charge in [-0.3, -0.25) is 19.4 Å². The summed E-state index contributed by atoms with van der Waals surface area (Å²) in [6.07, 6.45) is 1.56. The van der Waals surface area contributed by atoms with Crippen molar-refractivity contribution in [1.29, 1.82) is 0 Å². The van der Waals surface area contributed by atoms with Crippen LogP contribution in [0.25, 0.3) is 0 Å². The van der Waals surface area contributed by atoms with Gasteiger partial charge in [-0.2, -0.15) is 0 Å². The fraction of sp³-hybridized carbons (Fsp3) is 0.727. The third-order valence-corrected chi connectivity index (χ3v) is 3.33. The molecule has 2 aliphatic rings. The zero-order valence-electron chi connectivity index (χ0n) is 10.3. The molecule has 1 unspecified atom stereocenters. The Morgan fingerprint density at radius 2 is 2.22 bits per heavy atom. The molecule has 3 amide bonds. The van der Waals surface area contributed by atoms with Crippen molar-refractivity contribution in [3.63, 3.8) is 0 Å². The first-order valence-corrected chi connectivity index (χ1v) is 6.03. The van der Waals surface area contributed by atoms with Crippen LogP contribution >= 0.6 is 0 Å². The van der Waals surface area contributed by atoms with Gasteiger partial charge in [0.25, 0.3) is 0 Å². The van der Waals surface area contributed by atoms with Gasteiger partial charge < -0.3 is 10.1 Å². The van der Waals surface area contributed by atoms with Crippen LogP contribution in [-0.2, 0) is 14.3 Å². The number of likely N-dealkylation sites (tertiary alicyclic amines) is 1. The standard InChI is InChI=1S/C11H17N3O4/c1-18-10(16)8-3-2-5-13(8)7-9(15)14-6-4-12-11(14)17/h8H,2-7H2,1H3,(H,12,17). The van der Waals surface area contributed by atoms with Crippen LogP contribution in [-0.4, -0.2) is 67.0 Å². The van der Waals surface area contributed by atoms with Gasteiger partial charge in [-0.05, 0) is 19.4 Å². The number of carbonyl (C=O) groups excluding carboxylic acids is 3. The van der Waals surface area contributed by atoms with Crippen LogP contribution in [0, 0.1) is 0 Å². The molecule has 7 nitrogen and oxygen atoms in total. The molecule has 2 saturated heterocycles. The number of nitrogens with one attached hydrogen (secondary N) is 1. The van der Waals surface area contributed by atoms with Crippen molar-refractivity contribution in [2.75, 3.05) is 33.3 Å². The van der Waals surface area contributed by atoms with Crippen LogP contribution < -0.4 is 5.32 Å². The molecule has 0 bridgehead atoms. The number of amides is 3. The van der Waals surface area contributed by atoms with E-state index in [2.05, 4.69) is 5.32 Å². The summed E-state index contributed by atoms with van der Waals surface area (Å²) in [7, 11) is 1.34. The van der Waals surface area contributed by atoms with Crippen molar-refractivity contribution >= 4 is 17.9 Å². The van der Waals surface area contributed by atoms with E-state index < -0.39 is 0 Å². The lowest BCUT2D eigenvalue weighted by molar-refractivity contribution is -0.146. The average molecular weight is 255 g/mol. The van der Waals surface area contributed by atoms with Crippen LogP contribution in [0.3, 0.4) is 0 Å². The first kappa shape index (κ1) is 12.8. The molecule has 0 radical (unpaired) electrons. The Labute approximate surface area is 105 Å². The Balaban J connectivity index is 1.94. The predicted octanol–water partition coefficient (Wildman–Crippen LogP) is -0.824. The van der Waals surface area contributed by atoms with Gasteiger partial charge >= 0.3 is 12.0 Å². The Hall–Kier alpha value is -1.63. The second-order valence-electron chi connectivity index (χ2n) is 4.43. The molecular formula is C11H17N3O4. The lowest BCUT2D eigenvalue weighted by Gasteiger charge is -2.23. The number of imide groups is 1. The Morgan fingerprint density at radius 1 is 1.44 bits per heavy atom. The molecular weight excluding hydrogens is 238 g/mol. The van der Waals surface area contributed by atoms with E-state index in [0.717, 1.165) is 6.42 Å². The van der Waals surface area contributed by atoms with Crippen LogP contribution in [0.1, 0.15) is 12.8 Å². The number of ether oxygens (including phenoxy) is 1. The quantitative estimate of drug-likeness (QED) is 0.666. The maximum absolute atomic E-state index is 11.9. The van der Waals surface area contributed by atoms with Crippen molar-refractivity contribution < 1.29 is 19.1 Å². The molecule has 18 heavy (non-hydrogen) atoms. The highest BCUT2D eigenvalue weighted by Gasteiger charge is 2.35.